The molecule has 4 nitrogen and oxygen atoms in total. The SMILES string of the molecule is CCCC(CCO)CN=C(NCC)NC(C)C.I. The second-order valence-corrected chi connectivity index (χ2v) is 4.69. The summed E-state index contributed by atoms with van der Waals surface area (Å²) in [5, 5.41) is 15.5. The van der Waals surface area contributed by atoms with Crippen molar-refractivity contribution in [2.45, 2.75) is 53.0 Å². The Bertz CT molecular complexity index is 204. The maximum atomic E-state index is 9.00. The maximum Gasteiger partial charge on any atom is 0.191 e. The fourth-order valence-electron chi connectivity index (χ4n) is 1.73. The van der Waals surface area contributed by atoms with E-state index < -0.39 is 0 Å². The minimum atomic E-state index is 0. The van der Waals surface area contributed by atoms with Gasteiger partial charge in [-0.25, -0.2) is 0 Å². The first-order valence-electron chi connectivity index (χ1n) is 6.79. The monoisotopic (exact) mass is 371 g/mol. The molecule has 0 saturated heterocycles. The smallest absolute Gasteiger partial charge is 0.191 e. The third-order valence-corrected chi connectivity index (χ3v) is 2.51. The van der Waals surface area contributed by atoms with Gasteiger partial charge in [-0.15, -0.1) is 24.0 Å². The van der Waals surface area contributed by atoms with Crippen LogP contribution in [0.5, 0.6) is 0 Å². The molecule has 0 saturated carbocycles. The van der Waals surface area contributed by atoms with Gasteiger partial charge in [0.15, 0.2) is 5.96 Å². The van der Waals surface area contributed by atoms with Gasteiger partial charge >= 0.3 is 0 Å². The van der Waals surface area contributed by atoms with Crippen LogP contribution in [0, 0.1) is 5.92 Å². The molecule has 1 unspecified atom stereocenters. The molecule has 0 aromatic carbocycles. The molecule has 18 heavy (non-hydrogen) atoms. The van der Waals surface area contributed by atoms with E-state index in [1.54, 1.807) is 0 Å². The Kier molecular flexibility index (Phi) is 15.1. The highest BCUT2D eigenvalue weighted by Crippen LogP contribution is 2.10. The van der Waals surface area contributed by atoms with E-state index in [1.165, 1.54) is 0 Å². The largest absolute Gasteiger partial charge is 0.396 e. The Hall–Kier alpha value is -0.0400. The number of nitrogens with zero attached hydrogens (tertiary/aromatic N) is 1. The molecule has 0 heterocycles. The van der Waals surface area contributed by atoms with Gasteiger partial charge in [0, 0.05) is 25.7 Å². The lowest BCUT2D eigenvalue weighted by Gasteiger charge is -2.16. The van der Waals surface area contributed by atoms with Gasteiger partial charge < -0.3 is 15.7 Å². The van der Waals surface area contributed by atoms with Crippen LogP contribution in [0.4, 0.5) is 0 Å². The van der Waals surface area contributed by atoms with E-state index in [0.717, 1.165) is 38.3 Å². The quantitative estimate of drug-likeness (QED) is 0.349. The van der Waals surface area contributed by atoms with Crippen LogP contribution < -0.4 is 10.6 Å². The summed E-state index contributed by atoms with van der Waals surface area (Å²) in [6, 6.07) is 0.385. The third-order valence-electron chi connectivity index (χ3n) is 2.51. The van der Waals surface area contributed by atoms with Crippen LogP contribution in [-0.2, 0) is 0 Å². The molecule has 1 atom stereocenters. The molecule has 0 aliphatic heterocycles. The zero-order valence-corrected chi connectivity index (χ0v) is 14.5. The molecular weight excluding hydrogens is 341 g/mol. The second-order valence-electron chi connectivity index (χ2n) is 4.69. The number of aliphatic hydroxyl groups excluding tert-OH is 1. The lowest BCUT2D eigenvalue weighted by molar-refractivity contribution is 0.253. The fourth-order valence-corrected chi connectivity index (χ4v) is 1.73. The highest BCUT2D eigenvalue weighted by molar-refractivity contribution is 14.0. The van der Waals surface area contributed by atoms with E-state index in [2.05, 4.69) is 43.3 Å². The molecule has 0 radical (unpaired) electrons. The summed E-state index contributed by atoms with van der Waals surface area (Å²) < 4.78 is 0. The Morgan fingerprint density at radius 1 is 1.22 bits per heavy atom. The highest BCUT2D eigenvalue weighted by Gasteiger charge is 2.07. The number of guanidine groups is 1. The standard InChI is InChI=1S/C13H29N3O.HI/c1-5-7-12(8-9-17)10-15-13(14-6-2)16-11(3)4;/h11-12,17H,5-10H2,1-4H3,(H2,14,15,16);1H. The van der Waals surface area contributed by atoms with E-state index >= 15 is 0 Å². The highest BCUT2D eigenvalue weighted by atomic mass is 127. The number of aliphatic imine (C=N–C) groups is 1. The summed E-state index contributed by atoms with van der Waals surface area (Å²) in [7, 11) is 0. The molecule has 0 rings (SSSR count). The third kappa shape index (κ3) is 11.1. The van der Waals surface area contributed by atoms with Crippen LogP contribution in [0.3, 0.4) is 0 Å². The average molecular weight is 371 g/mol. The molecule has 0 spiro atoms. The predicted molar refractivity (Wildman–Crippen MR) is 89.8 cm³/mol. The van der Waals surface area contributed by atoms with Gasteiger partial charge in [0.05, 0.1) is 0 Å². The first-order chi connectivity index (χ1) is 8.13. The number of nitrogens with one attached hydrogen (secondary N) is 2. The zero-order valence-electron chi connectivity index (χ0n) is 12.2. The van der Waals surface area contributed by atoms with Crippen LogP contribution in [0.2, 0.25) is 0 Å². The summed E-state index contributed by atoms with van der Waals surface area (Å²) in [6.45, 7) is 10.4. The van der Waals surface area contributed by atoms with Crippen molar-refractivity contribution in [3.63, 3.8) is 0 Å². The molecule has 0 aliphatic carbocycles. The molecule has 5 heteroatoms. The molecule has 0 aromatic heterocycles. The van der Waals surface area contributed by atoms with Crippen molar-refractivity contribution < 1.29 is 5.11 Å². The van der Waals surface area contributed by atoms with Crippen molar-refractivity contribution in [3.8, 4) is 0 Å². The van der Waals surface area contributed by atoms with Gasteiger partial charge in [0.2, 0.25) is 0 Å². The Balaban J connectivity index is 0. The summed E-state index contributed by atoms with van der Waals surface area (Å²) in [4.78, 5) is 4.57. The molecular formula is C13H30IN3O. The van der Waals surface area contributed by atoms with Gasteiger partial charge in [-0.2, -0.15) is 0 Å². The minimum Gasteiger partial charge on any atom is -0.396 e. The van der Waals surface area contributed by atoms with Crippen molar-refractivity contribution in [2.75, 3.05) is 19.7 Å². The van der Waals surface area contributed by atoms with Gasteiger partial charge in [-0.3, -0.25) is 4.99 Å². The molecule has 0 aromatic rings. The summed E-state index contributed by atoms with van der Waals surface area (Å²) >= 11 is 0. The number of hydrogen-bond donors (Lipinski definition) is 3. The molecule has 0 amide bonds. The Morgan fingerprint density at radius 3 is 2.33 bits per heavy atom. The molecule has 3 N–H and O–H groups in total. The fraction of sp³-hybridized carbons (Fsp3) is 0.923. The molecule has 0 bridgehead atoms. The van der Waals surface area contributed by atoms with Crippen molar-refractivity contribution in [3.05, 3.63) is 0 Å². The number of rotatable bonds is 8. The van der Waals surface area contributed by atoms with E-state index in [4.69, 9.17) is 5.11 Å². The van der Waals surface area contributed by atoms with Crippen LogP contribution in [-0.4, -0.2) is 36.8 Å². The maximum absolute atomic E-state index is 9.00. The van der Waals surface area contributed by atoms with E-state index in [0.29, 0.717) is 12.0 Å². The second kappa shape index (κ2) is 13.4. The lowest BCUT2D eigenvalue weighted by Crippen LogP contribution is -2.41. The molecule has 0 fully saturated rings. The Morgan fingerprint density at radius 2 is 1.89 bits per heavy atom. The average Bonchev–Trinajstić information content (AvgIpc) is 2.26. The lowest BCUT2D eigenvalue weighted by atomic mass is 10.0. The van der Waals surface area contributed by atoms with Gasteiger partial charge in [0.25, 0.3) is 0 Å². The van der Waals surface area contributed by atoms with Gasteiger partial charge in [-0.05, 0) is 39.5 Å². The van der Waals surface area contributed by atoms with Gasteiger partial charge in [0.1, 0.15) is 0 Å². The first-order valence-corrected chi connectivity index (χ1v) is 6.79. The van der Waals surface area contributed by atoms with Crippen molar-refractivity contribution >= 4 is 29.9 Å². The molecule has 110 valence electrons. The van der Waals surface area contributed by atoms with Crippen molar-refractivity contribution in [2.24, 2.45) is 10.9 Å². The molecule has 0 aliphatic rings. The predicted octanol–water partition coefficient (Wildman–Crippen LogP) is 2.37. The van der Waals surface area contributed by atoms with Crippen LogP contribution >= 0.6 is 24.0 Å². The van der Waals surface area contributed by atoms with E-state index in [9.17, 15) is 0 Å². The topological polar surface area (TPSA) is 56.7 Å². The van der Waals surface area contributed by atoms with Crippen LogP contribution in [0.15, 0.2) is 4.99 Å². The van der Waals surface area contributed by atoms with E-state index in [1.807, 2.05) is 0 Å². The Labute approximate surface area is 129 Å². The van der Waals surface area contributed by atoms with E-state index in [-0.39, 0.29) is 30.6 Å². The minimum absolute atomic E-state index is 0. The summed E-state index contributed by atoms with van der Waals surface area (Å²) in [5.41, 5.74) is 0. The number of hydrogen-bond acceptors (Lipinski definition) is 2. The van der Waals surface area contributed by atoms with Crippen molar-refractivity contribution in [1.82, 2.24) is 10.6 Å². The van der Waals surface area contributed by atoms with Crippen molar-refractivity contribution in [1.29, 1.82) is 0 Å². The van der Waals surface area contributed by atoms with Crippen LogP contribution in [0.25, 0.3) is 0 Å². The summed E-state index contributed by atoms with van der Waals surface area (Å²) in [6.07, 6.45) is 3.12. The van der Waals surface area contributed by atoms with Gasteiger partial charge in [-0.1, -0.05) is 13.3 Å². The summed E-state index contributed by atoms with van der Waals surface area (Å²) in [5.74, 6) is 1.37. The number of halogens is 1. The zero-order chi connectivity index (χ0) is 13.1. The number of aliphatic hydroxyl groups is 1. The van der Waals surface area contributed by atoms with Crippen LogP contribution in [0.1, 0.15) is 47.0 Å². The first kappa shape index (κ1) is 20.3. The normalized spacial score (nSPS) is 13.1.